The molecule has 0 aromatic heterocycles. The van der Waals surface area contributed by atoms with Gasteiger partial charge in [-0.3, -0.25) is 4.90 Å². The number of hydrogen-bond donors (Lipinski definition) is 1. The van der Waals surface area contributed by atoms with Gasteiger partial charge in [0.1, 0.15) is 0 Å². The smallest absolute Gasteiger partial charge is 0.170 e. The van der Waals surface area contributed by atoms with Gasteiger partial charge in [0.15, 0.2) is 6.29 Å². The lowest BCUT2D eigenvalue weighted by Crippen LogP contribution is -2.31. The Morgan fingerprint density at radius 3 is 2.69 bits per heavy atom. The highest BCUT2D eigenvalue weighted by Gasteiger charge is 2.26. The van der Waals surface area contributed by atoms with E-state index in [2.05, 4.69) is 4.90 Å². The first kappa shape index (κ1) is 9.40. The maximum Gasteiger partial charge on any atom is 0.170 e. The molecule has 0 amide bonds. The van der Waals surface area contributed by atoms with E-state index in [4.69, 9.17) is 14.6 Å². The molecule has 2 rings (SSSR count). The van der Waals surface area contributed by atoms with E-state index in [1.54, 1.807) is 0 Å². The van der Waals surface area contributed by atoms with Crippen LogP contribution in [0.4, 0.5) is 0 Å². The lowest BCUT2D eigenvalue weighted by Gasteiger charge is -2.18. The van der Waals surface area contributed by atoms with Gasteiger partial charge in [-0.05, 0) is 18.9 Å². The van der Waals surface area contributed by atoms with E-state index in [9.17, 15) is 0 Å². The van der Waals surface area contributed by atoms with E-state index in [-0.39, 0.29) is 6.29 Å². The zero-order chi connectivity index (χ0) is 9.10. The van der Waals surface area contributed by atoms with E-state index in [0.717, 1.165) is 39.3 Å². The van der Waals surface area contributed by atoms with Gasteiger partial charge in [-0.2, -0.15) is 0 Å². The Hall–Kier alpha value is -0.160. The van der Waals surface area contributed by atoms with Gasteiger partial charge in [-0.25, -0.2) is 0 Å². The Balaban J connectivity index is 1.70. The van der Waals surface area contributed by atoms with Crippen LogP contribution in [0, 0.1) is 5.92 Å². The van der Waals surface area contributed by atoms with Crippen LogP contribution in [-0.2, 0) is 9.47 Å². The van der Waals surface area contributed by atoms with Crippen molar-refractivity contribution >= 4 is 0 Å². The van der Waals surface area contributed by atoms with Crippen molar-refractivity contribution in [3.8, 4) is 0 Å². The second-order valence-corrected chi connectivity index (χ2v) is 3.77. The lowest BCUT2D eigenvalue weighted by atomic mass is 10.1. The summed E-state index contributed by atoms with van der Waals surface area (Å²) in [5.74, 6) is 0.460. The SMILES string of the molecule is OC[C@@H]1CCN(CC2OCCO2)C1. The highest BCUT2D eigenvalue weighted by Crippen LogP contribution is 2.17. The van der Waals surface area contributed by atoms with Crippen LogP contribution in [-0.4, -0.2) is 55.8 Å². The minimum absolute atomic E-state index is 0.0301. The van der Waals surface area contributed by atoms with Gasteiger partial charge >= 0.3 is 0 Å². The van der Waals surface area contributed by atoms with Gasteiger partial charge in [-0.1, -0.05) is 0 Å². The van der Waals surface area contributed by atoms with Crippen LogP contribution in [0.2, 0.25) is 0 Å². The molecule has 2 fully saturated rings. The van der Waals surface area contributed by atoms with Gasteiger partial charge in [0.05, 0.1) is 13.2 Å². The van der Waals surface area contributed by atoms with Crippen molar-refractivity contribution in [2.24, 2.45) is 5.92 Å². The molecule has 0 aliphatic carbocycles. The average molecular weight is 187 g/mol. The van der Waals surface area contributed by atoms with Gasteiger partial charge in [-0.15, -0.1) is 0 Å². The maximum atomic E-state index is 8.96. The number of aliphatic hydroxyl groups is 1. The third-order valence-electron chi connectivity index (χ3n) is 2.73. The first-order valence-electron chi connectivity index (χ1n) is 4.95. The average Bonchev–Trinajstić information content (AvgIpc) is 2.76. The van der Waals surface area contributed by atoms with Crippen molar-refractivity contribution in [3.63, 3.8) is 0 Å². The molecule has 0 radical (unpaired) electrons. The van der Waals surface area contributed by atoms with Crippen LogP contribution >= 0.6 is 0 Å². The van der Waals surface area contributed by atoms with Crippen LogP contribution in [0.5, 0.6) is 0 Å². The highest BCUT2D eigenvalue weighted by molar-refractivity contribution is 4.76. The Morgan fingerprint density at radius 1 is 1.31 bits per heavy atom. The summed E-state index contributed by atoms with van der Waals surface area (Å²) in [5.41, 5.74) is 0. The van der Waals surface area contributed by atoms with E-state index in [0.29, 0.717) is 12.5 Å². The van der Waals surface area contributed by atoms with Crippen molar-refractivity contribution in [1.82, 2.24) is 4.90 Å². The predicted molar refractivity (Wildman–Crippen MR) is 47.3 cm³/mol. The highest BCUT2D eigenvalue weighted by atomic mass is 16.7. The van der Waals surface area contributed by atoms with Crippen molar-refractivity contribution in [2.45, 2.75) is 12.7 Å². The molecule has 0 saturated carbocycles. The van der Waals surface area contributed by atoms with E-state index >= 15 is 0 Å². The van der Waals surface area contributed by atoms with Crippen LogP contribution in [0.1, 0.15) is 6.42 Å². The number of nitrogens with zero attached hydrogens (tertiary/aromatic N) is 1. The molecule has 4 nitrogen and oxygen atoms in total. The molecule has 4 heteroatoms. The molecule has 0 aromatic carbocycles. The Kier molecular flexibility index (Phi) is 3.16. The fourth-order valence-corrected chi connectivity index (χ4v) is 1.95. The second-order valence-electron chi connectivity index (χ2n) is 3.77. The molecule has 1 atom stereocenters. The van der Waals surface area contributed by atoms with Gasteiger partial charge < -0.3 is 14.6 Å². The summed E-state index contributed by atoms with van der Waals surface area (Å²) in [7, 11) is 0. The molecular formula is C9H17NO3. The van der Waals surface area contributed by atoms with Crippen LogP contribution in [0.25, 0.3) is 0 Å². The van der Waals surface area contributed by atoms with E-state index in [1.165, 1.54) is 0 Å². The summed E-state index contributed by atoms with van der Waals surface area (Å²) >= 11 is 0. The number of aliphatic hydroxyl groups excluding tert-OH is 1. The maximum absolute atomic E-state index is 8.96. The topological polar surface area (TPSA) is 41.9 Å². The summed E-state index contributed by atoms with van der Waals surface area (Å²) < 4.78 is 10.7. The zero-order valence-corrected chi connectivity index (χ0v) is 7.82. The second kappa shape index (κ2) is 4.37. The fourth-order valence-electron chi connectivity index (χ4n) is 1.95. The summed E-state index contributed by atoms with van der Waals surface area (Å²) in [6.07, 6.45) is 1.07. The molecule has 0 spiro atoms. The summed E-state index contributed by atoms with van der Waals surface area (Å²) in [5, 5.41) is 8.96. The first-order valence-corrected chi connectivity index (χ1v) is 4.95. The standard InChI is InChI=1S/C9H17NO3/c11-7-8-1-2-10(5-8)6-9-12-3-4-13-9/h8-9,11H,1-7H2/t8-/m1/s1. The molecule has 2 heterocycles. The molecule has 0 aromatic rings. The van der Waals surface area contributed by atoms with Crippen LogP contribution in [0.15, 0.2) is 0 Å². The number of hydrogen-bond acceptors (Lipinski definition) is 4. The van der Waals surface area contributed by atoms with Gasteiger partial charge in [0.25, 0.3) is 0 Å². The zero-order valence-electron chi connectivity index (χ0n) is 7.82. The normalized spacial score (nSPS) is 31.6. The molecule has 0 bridgehead atoms. The number of rotatable bonds is 3. The summed E-state index contributed by atoms with van der Waals surface area (Å²) in [6.45, 7) is 4.66. The van der Waals surface area contributed by atoms with Crippen LogP contribution < -0.4 is 0 Å². The molecular weight excluding hydrogens is 170 g/mol. The Labute approximate surface area is 78.4 Å². The minimum atomic E-state index is -0.0301. The van der Waals surface area contributed by atoms with Crippen molar-refractivity contribution in [3.05, 3.63) is 0 Å². The van der Waals surface area contributed by atoms with Gasteiger partial charge in [0.2, 0.25) is 0 Å². The molecule has 2 aliphatic rings. The largest absolute Gasteiger partial charge is 0.396 e. The van der Waals surface area contributed by atoms with Crippen molar-refractivity contribution < 1.29 is 14.6 Å². The molecule has 0 unspecified atom stereocenters. The Morgan fingerprint density at radius 2 is 2.08 bits per heavy atom. The molecule has 2 aliphatic heterocycles. The fraction of sp³-hybridized carbons (Fsp3) is 1.00. The van der Waals surface area contributed by atoms with Crippen molar-refractivity contribution in [1.29, 1.82) is 0 Å². The third-order valence-corrected chi connectivity index (χ3v) is 2.73. The van der Waals surface area contributed by atoms with E-state index in [1.807, 2.05) is 0 Å². The number of likely N-dealkylation sites (tertiary alicyclic amines) is 1. The van der Waals surface area contributed by atoms with Gasteiger partial charge in [0, 0.05) is 19.7 Å². The van der Waals surface area contributed by atoms with Crippen LogP contribution in [0.3, 0.4) is 0 Å². The quantitative estimate of drug-likeness (QED) is 0.657. The molecule has 1 N–H and O–H groups in total. The predicted octanol–water partition coefficient (Wildman–Crippen LogP) is -0.326. The monoisotopic (exact) mass is 187 g/mol. The first-order chi connectivity index (χ1) is 6.38. The number of ether oxygens (including phenoxy) is 2. The summed E-state index contributed by atoms with van der Waals surface area (Å²) in [4.78, 5) is 2.30. The minimum Gasteiger partial charge on any atom is -0.396 e. The van der Waals surface area contributed by atoms with Crippen molar-refractivity contribution in [2.75, 3.05) is 39.5 Å². The molecule has 2 saturated heterocycles. The molecule has 76 valence electrons. The third kappa shape index (κ3) is 2.40. The Bertz CT molecular complexity index is 159. The molecule has 13 heavy (non-hydrogen) atoms. The summed E-state index contributed by atoms with van der Waals surface area (Å²) in [6, 6.07) is 0. The van der Waals surface area contributed by atoms with E-state index < -0.39 is 0 Å². The lowest BCUT2D eigenvalue weighted by molar-refractivity contribution is -0.0592.